The average molecular weight is 397 g/mol. The number of aliphatic carboxylic acids is 1. The molecular formula is C17H21BrN2O4. The van der Waals surface area contributed by atoms with Crippen LogP contribution in [0.3, 0.4) is 0 Å². The third kappa shape index (κ3) is 4.14. The van der Waals surface area contributed by atoms with Crippen molar-refractivity contribution in [1.82, 2.24) is 4.90 Å². The van der Waals surface area contributed by atoms with Gasteiger partial charge in [0, 0.05) is 23.6 Å². The van der Waals surface area contributed by atoms with Crippen LogP contribution in [0.1, 0.15) is 31.2 Å². The highest BCUT2D eigenvalue weighted by molar-refractivity contribution is 9.10. The minimum Gasteiger partial charge on any atom is -0.481 e. The van der Waals surface area contributed by atoms with Crippen molar-refractivity contribution < 1.29 is 19.5 Å². The molecule has 0 atom stereocenters. The average Bonchev–Trinajstić information content (AvgIpc) is 2.45. The molecule has 0 saturated heterocycles. The Balaban J connectivity index is 1.91. The zero-order valence-electron chi connectivity index (χ0n) is 13.8. The lowest BCUT2D eigenvalue weighted by atomic mass is 9.66. The largest absolute Gasteiger partial charge is 0.481 e. The molecule has 0 bridgehead atoms. The van der Waals surface area contributed by atoms with Gasteiger partial charge in [0.1, 0.15) is 0 Å². The third-order valence-electron chi connectivity index (χ3n) is 4.52. The Morgan fingerprint density at radius 2 is 2.00 bits per heavy atom. The van der Waals surface area contributed by atoms with Gasteiger partial charge >= 0.3 is 5.97 Å². The summed E-state index contributed by atoms with van der Waals surface area (Å²) in [5.74, 6) is -1.56. The maximum absolute atomic E-state index is 12.2. The van der Waals surface area contributed by atoms with Crippen LogP contribution < -0.4 is 5.32 Å². The van der Waals surface area contributed by atoms with Gasteiger partial charge in [-0.3, -0.25) is 14.4 Å². The van der Waals surface area contributed by atoms with Crippen LogP contribution in [-0.4, -0.2) is 41.4 Å². The van der Waals surface area contributed by atoms with Crippen LogP contribution in [0.2, 0.25) is 0 Å². The van der Waals surface area contributed by atoms with Gasteiger partial charge in [-0.2, -0.15) is 0 Å². The summed E-state index contributed by atoms with van der Waals surface area (Å²) in [6.45, 7) is 1.77. The monoisotopic (exact) mass is 396 g/mol. The van der Waals surface area contributed by atoms with Crippen molar-refractivity contribution in [2.75, 3.05) is 18.9 Å². The zero-order chi connectivity index (χ0) is 17.9. The Morgan fingerprint density at radius 3 is 2.50 bits per heavy atom. The number of benzene rings is 1. The molecule has 2 rings (SSSR count). The molecule has 1 aliphatic rings. The van der Waals surface area contributed by atoms with Crippen molar-refractivity contribution in [2.45, 2.75) is 32.6 Å². The SMILES string of the molecule is Cc1cc(Br)ccc1NC(=O)CN(C)C(=O)CC1(C(=O)O)CCC1. The number of halogens is 1. The standard InChI is InChI=1S/C17H21BrN2O4/c1-11-8-12(18)4-5-13(11)19-14(21)10-20(2)15(22)9-17(16(23)24)6-3-7-17/h4-5,8H,3,6-7,9-10H2,1-2H3,(H,19,21)(H,23,24). The summed E-state index contributed by atoms with van der Waals surface area (Å²) in [6, 6.07) is 5.50. The van der Waals surface area contributed by atoms with E-state index in [1.54, 1.807) is 6.07 Å². The van der Waals surface area contributed by atoms with Crippen LogP contribution >= 0.6 is 15.9 Å². The summed E-state index contributed by atoms with van der Waals surface area (Å²) in [4.78, 5) is 37.0. The Kier molecular flexibility index (Phi) is 5.64. The first kappa shape index (κ1) is 18.4. The number of rotatable bonds is 6. The van der Waals surface area contributed by atoms with E-state index in [-0.39, 0.29) is 24.8 Å². The van der Waals surface area contributed by atoms with Crippen LogP contribution in [0.5, 0.6) is 0 Å². The Bertz CT molecular complexity index is 671. The fourth-order valence-electron chi connectivity index (χ4n) is 2.75. The van der Waals surface area contributed by atoms with E-state index in [1.807, 2.05) is 19.1 Å². The molecule has 6 nitrogen and oxygen atoms in total. The quantitative estimate of drug-likeness (QED) is 0.773. The second kappa shape index (κ2) is 7.34. The highest BCUT2D eigenvalue weighted by atomic mass is 79.9. The van der Waals surface area contributed by atoms with Gasteiger partial charge in [0.15, 0.2) is 0 Å². The smallest absolute Gasteiger partial charge is 0.310 e. The van der Waals surface area contributed by atoms with Gasteiger partial charge in [-0.25, -0.2) is 0 Å². The maximum Gasteiger partial charge on any atom is 0.310 e. The number of amides is 2. The van der Waals surface area contributed by atoms with Crippen LogP contribution in [0.4, 0.5) is 5.69 Å². The number of carbonyl (C=O) groups is 3. The number of carboxylic acid groups (broad SMARTS) is 1. The summed E-state index contributed by atoms with van der Waals surface area (Å²) in [5.41, 5.74) is 0.653. The van der Waals surface area contributed by atoms with Crippen molar-refractivity contribution in [1.29, 1.82) is 0 Å². The first-order chi connectivity index (χ1) is 11.2. The number of nitrogens with zero attached hydrogens (tertiary/aromatic N) is 1. The lowest BCUT2D eigenvalue weighted by Crippen LogP contribution is -2.44. The van der Waals surface area contributed by atoms with E-state index in [2.05, 4.69) is 21.2 Å². The molecular weight excluding hydrogens is 376 g/mol. The fraction of sp³-hybridized carbons (Fsp3) is 0.471. The van der Waals surface area contributed by atoms with Gasteiger partial charge in [0.2, 0.25) is 11.8 Å². The van der Waals surface area contributed by atoms with E-state index in [9.17, 15) is 19.5 Å². The molecule has 0 unspecified atom stereocenters. The molecule has 0 spiro atoms. The zero-order valence-corrected chi connectivity index (χ0v) is 15.4. The second-order valence-electron chi connectivity index (χ2n) is 6.37. The lowest BCUT2D eigenvalue weighted by molar-refractivity contribution is -0.159. The fourth-order valence-corrected chi connectivity index (χ4v) is 3.23. The van der Waals surface area contributed by atoms with Crippen molar-refractivity contribution in [2.24, 2.45) is 5.41 Å². The summed E-state index contributed by atoms with van der Waals surface area (Å²) in [6.07, 6.45) is 1.81. The van der Waals surface area contributed by atoms with Crippen molar-refractivity contribution in [3.05, 3.63) is 28.2 Å². The lowest BCUT2D eigenvalue weighted by Gasteiger charge is -2.37. The number of aryl methyl sites for hydroxylation is 1. The number of carboxylic acids is 1. The number of nitrogens with one attached hydrogen (secondary N) is 1. The van der Waals surface area contributed by atoms with E-state index in [0.717, 1.165) is 16.5 Å². The molecule has 1 saturated carbocycles. The van der Waals surface area contributed by atoms with Crippen molar-refractivity contribution in [3.63, 3.8) is 0 Å². The molecule has 1 aromatic rings. The highest BCUT2D eigenvalue weighted by Crippen LogP contribution is 2.44. The number of carbonyl (C=O) groups excluding carboxylic acids is 2. The highest BCUT2D eigenvalue weighted by Gasteiger charge is 2.46. The van der Waals surface area contributed by atoms with Gasteiger partial charge in [-0.1, -0.05) is 22.4 Å². The van der Waals surface area contributed by atoms with E-state index >= 15 is 0 Å². The predicted molar refractivity (Wildman–Crippen MR) is 93.7 cm³/mol. The molecule has 1 aliphatic carbocycles. The van der Waals surface area contributed by atoms with Crippen LogP contribution in [-0.2, 0) is 14.4 Å². The van der Waals surface area contributed by atoms with Gasteiger partial charge in [-0.05, 0) is 43.5 Å². The molecule has 0 aliphatic heterocycles. The second-order valence-corrected chi connectivity index (χ2v) is 7.29. The molecule has 0 radical (unpaired) electrons. The molecule has 2 amide bonds. The van der Waals surface area contributed by atoms with E-state index in [0.29, 0.717) is 18.5 Å². The third-order valence-corrected chi connectivity index (χ3v) is 5.02. The molecule has 0 aromatic heterocycles. The minimum absolute atomic E-state index is 0.0522. The number of likely N-dealkylation sites (N-methyl/N-ethyl adjacent to an activating group) is 1. The summed E-state index contributed by atoms with van der Waals surface area (Å²) in [7, 11) is 1.52. The van der Waals surface area contributed by atoms with Crippen LogP contribution in [0.15, 0.2) is 22.7 Å². The first-order valence-corrected chi connectivity index (χ1v) is 8.56. The first-order valence-electron chi connectivity index (χ1n) is 7.77. The van der Waals surface area contributed by atoms with Gasteiger partial charge in [0.05, 0.1) is 12.0 Å². The molecule has 1 fully saturated rings. The number of hydrogen-bond donors (Lipinski definition) is 2. The summed E-state index contributed by atoms with van der Waals surface area (Å²) >= 11 is 3.36. The van der Waals surface area contributed by atoms with Crippen LogP contribution in [0.25, 0.3) is 0 Å². The van der Waals surface area contributed by atoms with Gasteiger partial charge in [0.25, 0.3) is 0 Å². The maximum atomic E-state index is 12.2. The molecule has 24 heavy (non-hydrogen) atoms. The predicted octanol–water partition coefficient (Wildman–Crippen LogP) is 2.80. The van der Waals surface area contributed by atoms with Crippen molar-refractivity contribution >= 4 is 39.4 Å². The van der Waals surface area contributed by atoms with Gasteiger partial charge < -0.3 is 15.3 Å². The minimum atomic E-state index is -0.940. The normalized spacial score (nSPS) is 15.3. The Hall–Kier alpha value is -1.89. The summed E-state index contributed by atoms with van der Waals surface area (Å²) in [5, 5.41) is 12.1. The molecule has 2 N–H and O–H groups in total. The topological polar surface area (TPSA) is 86.7 Å². The summed E-state index contributed by atoms with van der Waals surface area (Å²) < 4.78 is 0.921. The van der Waals surface area contributed by atoms with E-state index in [4.69, 9.17) is 0 Å². The Labute approximate surface area is 149 Å². The van der Waals surface area contributed by atoms with Gasteiger partial charge in [-0.15, -0.1) is 0 Å². The Morgan fingerprint density at radius 1 is 1.33 bits per heavy atom. The molecule has 0 heterocycles. The molecule has 7 heteroatoms. The molecule has 130 valence electrons. The van der Waals surface area contributed by atoms with Crippen molar-refractivity contribution in [3.8, 4) is 0 Å². The van der Waals surface area contributed by atoms with E-state index in [1.165, 1.54) is 11.9 Å². The van der Waals surface area contributed by atoms with Crippen LogP contribution in [0, 0.1) is 12.3 Å². The molecule has 1 aromatic carbocycles. The number of anilines is 1. The van der Waals surface area contributed by atoms with E-state index < -0.39 is 11.4 Å². The number of hydrogen-bond acceptors (Lipinski definition) is 3.